The van der Waals surface area contributed by atoms with Crippen LogP contribution in [0.1, 0.15) is 30.1 Å². The van der Waals surface area contributed by atoms with E-state index in [4.69, 9.17) is 4.98 Å². The lowest BCUT2D eigenvalue weighted by Crippen LogP contribution is -2.27. The molecular formula is C19H19N3O2. The first-order valence-electron chi connectivity index (χ1n) is 8.21. The maximum absolute atomic E-state index is 11.3. The number of hydrogen-bond donors (Lipinski definition) is 2. The minimum atomic E-state index is -0.914. The van der Waals surface area contributed by atoms with Gasteiger partial charge in [0.1, 0.15) is 0 Å². The number of fused-ring (bicyclic) bond motifs is 1. The molecule has 0 unspecified atom stereocenters. The molecule has 1 atom stereocenters. The molecule has 3 aromatic rings. The van der Waals surface area contributed by atoms with Crippen molar-refractivity contribution in [2.45, 2.75) is 25.8 Å². The van der Waals surface area contributed by atoms with E-state index in [1.807, 2.05) is 18.5 Å². The van der Waals surface area contributed by atoms with Gasteiger partial charge in [-0.2, -0.15) is 0 Å². The van der Waals surface area contributed by atoms with E-state index in [2.05, 4.69) is 22.9 Å². The molecule has 0 radical (unpaired) electrons. The molecular weight excluding hydrogens is 302 g/mol. The fourth-order valence-electron chi connectivity index (χ4n) is 3.49. The van der Waals surface area contributed by atoms with Gasteiger partial charge in [-0.15, -0.1) is 0 Å². The molecule has 0 spiro atoms. The third kappa shape index (κ3) is 2.42. The fourth-order valence-corrected chi connectivity index (χ4v) is 3.49. The summed E-state index contributed by atoms with van der Waals surface area (Å²) in [5.41, 5.74) is 4.18. The van der Waals surface area contributed by atoms with Gasteiger partial charge in [-0.3, -0.25) is 0 Å². The van der Waals surface area contributed by atoms with Crippen molar-refractivity contribution in [3.8, 4) is 11.3 Å². The second kappa shape index (κ2) is 5.67. The average molecular weight is 321 g/mol. The number of carboxylic acid groups (broad SMARTS) is 1. The lowest BCUT2D eigenvalue weighted by atomic mass is 10.1. The number of aromatic carboxylic acids is 1. The molecule has 2 aromatic heterocycles. The van der Waals surface area contributed by atoms with E-state index < -0.39 is 5.97 Å². The number of aromatic amines is 1. The van der Waals surface area contributed by atoms with E-state index in [1.54, 1.807) is 18.2 Å². The summed E-state index contributed by atoms with van der Waals surface area (Å²) in [5, 5.41) is 10.1. The molecule has 24 heavy (non-hydrogen) atoms. The number of hydrogen-bond acceptors (Lipinski definition) is 3. The maximum atomic E-state index is 11.3. The molecule has 0 bridgehead atoms. The lowest BCUT2D eigenvalue weighted by molar-refractivity contribution is 0.0697. The van der Waals surface area contributed by atoms with Crippen LogP contribution in [0.4, 0.5) is 5.69 Å². The second-order valence-corrected chi connectivity index (χ2v) is 6.35. The SMILES string of the molecule is C[C@H]1CCCN1c1cc2cc(C(=O)O)ccc2nc1-c1cc[nH]c1. The van der Waals surface area contributed by atoms with Crippen LogP contribution in [0.25, 0.3) is 22.2 Å². The summed E-state index contributed by atoms with van der Waals surface area (Å²) in [6.45, 7) is 3.23. The van der Waals surface area contributed by atoms with Crippen LogP contribution in [0, 0.1) is 0 Å². The normalized spacial score (nSPS) is 17.5. The Morgan fingerprint density at radius 3 is 2.88 bits per heavy atom. The number of carboxylic acids is 1. The van der Waals surface area contributed by atoms with Crippen molar-refractivity contribution in [1.82, 2.24) is 9.97 Å². The van der Waals surface area contributed by atoms with Gasteiger partial charge in [-0.1, -0.05) is 0 Å². The summed E-state index contributed by atoms with van der Waals surface area (Å²) < 4.78 is 0. The Labute approximate surface area is 139 Å². The quantitative estimate of drug-likeness (QED) is 0.767. The summed E-state index contributed by atoms with van der Waals surface area (Å²) in [6, 6.07) is 9.66. The van der Waals surface area contributed by atoms with Gasteiger partial charge in [0.25, 0.3) is 0 Å². The van der Waals surface area contributed by atoms with Gasteiger partial charge in [0, 0.05) is 35.9 Å². The fraction of sp³-hybridized carbons (Fsp3) is 0.263. The van der Waals surface area contributed by atoms with Crippen LogP contribution in [0.5, 0.6) is 0 Å². The van der Waals surface area contributed by atoms with Crippen molar-refractivity contribution in [3.05, 3.63) is 48.3 Å². The summed E-state index contributed by atoms with van der Waals surface area (Å²) in [6.07, 6.45) is 6.18. The van der Waals surface area contributed by atoms with Gasteiger partial charge >= 0.3 is 5.97 Å². The summed E-state index contributed by atoms with van der Waals surface area (Å²) >= 11 is 0. The maximum Gasteiger partial charge on any atom is 0.335 e. The lowest BCUT2D eigenvalue weighted by Gasteiger charge is -2.26. The number of benzene rings is 1. The zero-order valence-corrected chi connectivity index (χ0v) is 13.5. The van der Waals surface area contributed by atoms with Gasteiger partial charge < -0.3 is 15.0 Å². The van der Waals surface area contributed by atoms with Crippen LogP contribution < -0.4 is 4.90 Å². The summed E-state index contributed by atoms with van der Waals surface area (Å²) in [4.78, 5) is 21.6. The third-order valence-electron chi connectivity index (χ3n) is 4.78. The number of aromatic nitrogens is 2. The van der Waals surface area contributed by atoms with Crippen molar-refractivity contribution in [2.75, 3.05) is 11.4 Å². The van der Waals surface area contributed by atoms with Crippen LogP contribution in [-0.4, -0.2) is 33.6 Å². The van der Waals surface area contributed by atoms with Crippen molar-refractivity contribution in [2.24, 2.45) is 0 Å². The predicted octanol–water partition coefficient (Wildman–Crippen LogP) is 3.92. The standard InChI is InChI=1S/C19H19N3O2/c1-12-3-2-8-22(12)17-10-15-9-13(19(23)24)4-5-16(15)21-18(17)14-6-7-20-11-14/h4-7,9-12,20H,2-3,8H2,1H3,(H,23,24)/t12-/m0/s1. The molecule has 4 rings (SSSR count). The molecule has 0 aliphatic carbocycles. The largest absolute Gasteiger partial charge is 0.478 e. The number of nitrogens with zero attached hydrogens (tertiary/aromatic N) is 2. The minimum absolute atomic E-state index is 0.291. The number of pyridine rings is 1. The smallest absolute Gasteiger partial charge is 0.335 e. The molecule has 0 amide bonds. The first kappa shape index (κ1) is 14.8. The van der Waals surface area contributed by atoms with Crippen LogP contribution in [0.2, 0.25) is 0 Å². The van der Waals surface area contributed by atoms with E-state index in [1.165, 1.54) is 12.8 Å². The Balaban J connectivity index is 1.94. The number of H-pyrrole nitrogens is 1. The van der Waals surface area contributed by atoms with E-state index >= 15 is 0 Å². The molecule has 3 heterocycles. The van der Waals surface area contributed by atoms with Gasteiger partial charge in [0.2, 0.25) is 0 Å². The van der Waals surface area contributed by atoms with Crippen LogP contribution in [0.3, 0.4) is 0 Å². The molecule has 2 N–H and O–H groups in total. The van der Waals surface area contributed by atoms with Crippen LogP contribution >= 0.6 is 0 Å². The monoisotopic (exact) mass is 321 g/mol. The molecule has 0 saturated carbocycles. The van der Waals surface area contributed by atoms with E-state index in [0.717, 1.165) is 34.4 Å². The van der Waals surface area contributed by atoms with Gasteiger partial charge in [-0.05, 0) is 50.1 Å². The highest BCUT2D eigenvalue weighted by Gasteiger charge is 2.24. The van der Waals surface area contributed by atoms with E-state index in [9.17, 15) is 9.90 Å². The average Bonchev–Trinajstić information content (AvgIpc) is 3.24. The molecule has 122 valence electrons. The topological polar surface area (TPSA) is 69.2 Å². The number of nitrogens with one attached hydrogen (secondary N) is 1. The molecule has 1 saturated heterocycles. The third-order valence-corrected chi connectivity index (χ3v) is 4.78. The Morgan fingerprint density at radius 2 is 2.21 bits per heavy atom. The highest BCUT2D eigenvalue weighted by atomic mass is 16.4. The number of anilines is 1. The highest BCUT2D eigenvalue weighted by Crippen LogP contribution is 2.36. The van der Waals surface area contributed by atoms with Gasteiger partial charge in [-0.25, -0.2) is 9.78 Å². The first-order chi connectivity index (χ1) is 11.6. The molecule has 1 aromatic carbocycles. The Hall–Kier alpha value is -2.82. The van der Waals surface area contributed by atoms with Gasteiger partial charge in [0.05, 0.1) is 22.5 Å². The molecule has 5 nitrogen and oxygen atoms in total. The van der Waals surface area contributed by atoms with Gasteiger partial charge in [0.15, 0.2) is 0 Å². The Kier molecular flexibility index (Phi) is 3.49. The zero-order chi connectivity index (χ0) is 16.7. The first-order valence-corrected chi connectivity index (χ1v) is 8.21. The predicted molar refractivity (Wildman–Crippen MR) is 94.5 cm³/mol. The second-order valence-electron chi connectivity index (χ2n) is 6.35. The molecule has 5 heteroatoms. The van der Waals surface area contributed by atoms with Crippen molar-refractivity contribution in [1.29, 1.82) is 0 Å². The Bertz CT molecular complexity index is 902. The highest BCUT2D eigenvalue weighted by molar-refractivity contribution is 5.96. The summed E-state index contributed by atoms with van der Waals surface area (Å²) in [5.74, 6) is -0.914. The molecule has 1 aliphatic heterocycles. The van der Waals surface area contributed by atoms with E-state index in [-0.39, 0.29) is 0 Å². The van der Waals surface area contributed by atoms with Crippen LogP contribution in [-0.2, 0) is 0 Å². The van der Waals surface area contributed by atoms with Crippen LogP contribution in [0.15, 0.2) is 42.7 Å². The van der Waals surface area contributed by atoms with Crippen molar-refractivity contribution in [3.63, 3.8) is 0 Å². The Morgan fingerprint density at radius 1 is 1.33 bits per heavy atom. The number of rotatable bonds is 3. The minimum Gasteiger partial charge on any atom is -0.478 e. The van der Waals surface area contributed by atoms with Crippen molar-refractivity contribution < 1.29 is 9.90 Å². The van der Waals surface area contributed by atoms with E-state index in [0.29, 0.717) is 11.6 Å². The summed E-state index contributed by atoms with van der Waals surface area (Å²) in [7, 11) is 0. The molecule has 1 fully saturated rings. The van der Waals surface area contributed by atoms with Crippen molar-refractivity contribution >= 4 is 22.6 Å². The molecule has 1 aliphatic rings. The zero-order valence-electron chi connectivity index (χ0n) is 13.5. The number of carbonyl (C=O) groups is 1.